The van der Waals surface area contributed by atoms with Crippen LogP contribution in [0.2, 0.25) is 0 Å². The third kappa shape index (κ3) is 7.45. The van der Waals surface area contributed by atoms with Gasteiger partial charge < -0.3 is 24.2 Å². The predicted octanol–water partition coefficient (Wildman–Crippen LogP) is 2.06. The highest BCUT2D eigenvalue weighted by atomic mass is 127. The van der Waals surface area contributed by atoms with Crippen LogP contribution in [-0.2, 0) is 29.8 Å². The number of aromatic nitrogens is 2. The van der Waals surface area contributed by atoms with Crippen molar-refractivity contribution in [3.05, 3.63) is 62.9 Å². The molecule has 1 aromatic heterocycles. The van der Waals surface area contributed by atoms with E-state index < -0.39 is 61.9 Å². The van der Waals surface area contributed by atoms with Gasteiger partial charge in [0.25, 0.3) is 11.4 Å². The van der Waals surface area contributed by atoms with Crippen molar-refractivity contribution in [3.8, 4) is 5.75 Å². The van der Waals surface area contributed by atoms with Crippen LogP contribution in [0.25, 0.3) is 0 Å². The molecule has 2 aliphatic rings. The van der Waals surface area contributed by atoms with Crippen LogP contribution >= 0.6 is 31.1 Å². The molecule has 2 fully saturated rings. The number of benzene rings is 1. The molecule has 6 atom stereocenters. The summed E-state index contributed by atoms with van der Waals surface area (Å²) >= 11 is 1.86. The summed E-state index contributed by atoms with van der Waals surface area (Å²) in [7, 11) is -3.44. The number of ether oxygens (including phenoxy) is 2. The van der Waals surface area contributed by atoms with Crippen LogP contribution in [-0.4, -0.2) is 62.0 Å². The van der Waals surface area contributed by atoms with Gasteiger partial charge in [0, 0.05) is 41.5 Å². The van der Waals surface area contributed by atoms with E-state index in [0.717, 1.165) is 51.3 Å². The minimum absolute atomic E-state index is 0.121. The minimum atomic E-state index is -3.44. The number of carbonyl (C=O) groups excluding carboxylic acids is 1. The van der Waals surface area contributed by atoms with E-state index in [0.29, 0.717) is 10.1 Å². The lowest BCUT2D eigenvalue weighted by molar-refractivity contribution is -0.203. The Bertz CT molecular complexity index is 1370. The van der Waals surface area contributed by atoms with Crippen LogP contribution < -0.4 is 19.3 Å². The second-order valence-electron chi connectivity index (χ2n) is 10.2. The molecule has 4 rings (SSSR count). The molecule has 1 saturated carbocycles. The van der Waals surface area contributed by atoms with E-state index in [1.807, 2.05) is 27.8 Å². The lowest BCUT2D eigenvalue weighted by atomic mass is 9.95. The Balaban J connectivity index is 1.39. The molecular weight excluding hydrogens is 679 g/mol. The molecule has 0 amide bonds. The zero-order chi connectivity index (χ0) is 29.8. The molecule has 0 bridgehead atoms. The van der Waals surface area contributed by atoms with Gasteiger partial charge in [0.2, 0.25) is 0 Å². The van der Waals surface area contributed by atoms with Crippen LogP contribution in [0.15, 0.2) is 46.1 Å². The number of halogens is 2. The van der Waals surface area contributed by atoms with E-state index in [1.54, 1.807) is 18.2 Å². The molecule has 1 aliphatic heterocycles. The fourth-order valence-corrected chi connectivity index (χ4v) is 6.10. The number of aromatic amines is 1. The highest BCUT2D eigenvalue weighted by Crippen LogP contribution is 2.46. The second-order valence-corrected chi connectivity index (χ2v) is 11.8. The SMILES string of the molecule is C[C@]1(O)[C@H](n2ccc(=O)[nH]c2=O)O[C@](F)(CO[PH](=O)Oc2ccccc2C[C@@H](NI)C(=O)OC2CCCCC2)[C@H]1O. The predicted molar refractivity (Wildman–Crippen MR) is 152 cm³/mol. The zero-order valence-corrected chi connectivity index (χ0v) is 25.2. The first-order chi connectivity index (χ1) is 19.4. The highest BCUT2D eigenvalue weighted by Gasteiger charge is 2.63. The van der Waals surface area contributed by atoms with Gasteiger partial charge >= 0.3 is 19.9 Å². The summed E-state index contributed by atoms with van der Waals surface area (Å²) in [5.41, 5.74) is -3.55. The monoisotopic (exact) mass is 711 g/mol. The summed E-state index contributed by atoms with van der Waals surface area (Å²) in [6.45, 7) is -0.0849. The van der Waals surface area contributed by atoms with Crippen LogP contribution in [0.1, 0.15) is 50.8 Å². The third-order valence-corrected chi connectivity index (χ3v) is 8.62. The molecule has 0 radical (unpaired) electrons. The smallest absolute Gasteiger partial charge is 0.368 e. The van der Waals surface area contributed by atoms with Crippen LogP contribution in [0.3, 0.4) is 0 Å². The van der Waals surface area contributed by atoms with Crippen LogP contribution in [0.4, 0.5) is 4.39 Å². The van der Waals surface area contributed by atoms with Gasteiger partial charge in [-0.05, 0) is 44.2 Å². The van der Waals surface area contributed by atoms with Crippen LogP contribution in [0.5, 0.6) is 5.75 Å². The number of rotatable bonds is 11. The Morgan fingerprint density at radius 2 is 2.00 bits per heavy atom. The summed E-state index contributed by atoms with van der Waals surface area (Å²) < 4.78 is 53.3. The first-order valence-corrected chi connectivity index (χ1v) is 15.3. The van der Waals surface area contributed by atoms with Crippen molar-refractivity contribution >= 4 is 37.1 Å². The average molecular weight is 711 g/mol. The van der Waals surface area contributed by atoms with Crippen molar-refractivity contribution in [3.63, 3.8) is 0 Å². The van der Waals surface area contributed by atoms with Crippen molar-refractivity contribution < 1.29 is 42.5 Å². The standard InChI is InChI=1S/C25H32FIN3O10P/c1-24(35)21(33)25(26,39-22(24)30-12-11-19(31)28-23(30)34)14-37-41(36)40-18-10-6-5-7-15(18)13-17(29-27)20(32)38-16-8-3-2-4-9-16/h5-7,10-12,16-17,21-22,29,33,35,41H,2-4,8-9,13-14H2,1H3,(H,28,31,34)/t17-,21+,22-,24-,25-/m1/s1. The van der Waals surface area contributed by atoms with Gasteiger partial charge in [-0.3, -0.25) is 23.7 Å². The molecule has 0 spiro atoms. The number of nitrogens with zero attached hydrogens (tertiary/aromatic N) is 1. The zero-order valence-electron chi connectivity index (χ0n) is 22.1. The number of esters is 1. The van der Waals surface area contributed by atoms with Gasteiger partial charge in [-0.25, -0.2) is 17.3 Å². The Morgan fingerprint density at radius 1 is 1.29 bits per heavy atom. The van der Waals surface area contributed by atoms with Gasteiger partial charge in [-0.1, -0.05) is 24.6 Å². The van der Waals surface area contributed by atoms with E-state index in [9.17, 15) is 29.2 Å². The molecule has 1 aliphatic carbocycles. The summed E-state index contributed by atoms with van der Waals surface area (Å²) in [6.07, 6.45) is 1.82. The summed E-state index contributed by atoms with van der Waals surface area (Å²) in [6, 6.07) is 6.75. The summed E-state index contributed by atoms with van der Waals surface area (Å²) in [5, 5.41) is 21.2. The number of aliphatic hydroxyl groups excluding tert-OH is 1. The lowest BCUT2D eigenvalue weighted by Crippen LogP contribution is -2.49. The number of H-pyrrole nitrogens is 1. The van der Waals surface area contributed by atoms with Gasteiger partial charge in [0.15, 0.2) is 6.23 Å². The number of alkyl halides is 1. The van der Waals surface area contributed by atoms with E-state index in [1.165, 1.54) is 6.07 Å². The molecule has 1 aromatic carbocycles. The summed E-state index contributed by atoms with van der Waals surface area (Å²) in [4.78, 5) is 38.2. The number of para-hydroxylation sites is 1. The van der Waals surface area contributed by atoms with E-state index in [-0.39, 0.29) is 18.3 Å². The summed E-state index contributed by atoms with van der Waals surface area (Å²) in [5.74, 6) is -3.38. The average Bonchev–Trinajstić information content (AvgIpc) is 3.12. The molecule has 16 heteroatoms. The number of aliphatic hydroxyl groups is 2. The molecule has 13 nitrogen and oxygen atoms in total. The van der Waals surface area contributed by atoms with E-state index >= 15 is 4.39 Å². The molecule has 2 aromatic rings. The maximum absolute atomic E-state index is 15.6. The Kier molecular flexibility index (Phi) is 10.4. The number of carbonyl (C=O) groups is 1. The molecule has 1 unspecified atom stereocenters. The van der Waals surface area contributed by atoms with E-state index in [4.69, 9.17) is 18.5 Å². The molecule has 4 N–H and O–H groups in total. The fourth-order valence-electron chi connectivity index (χ4n) is 4.87. The highest BCUT2D eigenvalue weighted by molar-refractivity contribution is 14.1. The Hall–Kier alpha value is -2.14. The van der Waals surface area contributed by atoms with Crippen molar-refractivity contribution in [2.75, 3.05) is 6.61 Å². The molecule has 1 saturated heterocycles. The topological polar surface area (TPSA) is 178 Å². The van der Waals surface area contributed by atoms with Gasteiger partial charge in [0.1, 0.15) is 36.2 Å². The number of hydrogen-bond donors (Lipinski definition) is 4. The van der Waals surface area contributed by atoms with E-state index in [2.05, 4.69) is 3.53 Å². The number of nitrogens with one attached hydrogen (secondary N) is 2. The van der Waals surface area contributed by atoms with Crippen LogP contribution in [0, 0.1) is 0 Å². The quantitative estimate of drug-likeness (QED) is 0.116. The Labute approximate surface area is 248 Å². The third-order valence-electron chi connectivity index (χ3n) is 7.10. The minimum Gasteiger partial charge on any atom is -0.461 e. The largest absolute Gasteiger partial charge is 0.461 e. The molecule has 226 valence electrons. The van der Waals surface area contributed by atoms with Crippen molar-refractivity contribution in [1.29, 1.82) is 0 Å². The molecular formula is C25H32FIN3O10P. The normalized spacial score (nSPS) is 28.2. The van der Waals surface area contributed by atoms with Gasteiger partial charge in [-0.2, -0.15) is 0 Å². The molecule has 2 heterocycles. The van der Waals surface area contributed by atoms with Gasteiger partial charge in [-0.15, -0.1) is 0 Å². The number of hydrogen-bond acceptors (Lipinski definition) is 11. The molecule has 41 heavy (non-hydrogen) atoms. The lowest BCUT2D eigenvalue weighted by Gasteiger charge is -2.27. The van der Waals surface area contributed by atoms with Crippen molar-refractivity contribution in [2.45, 2.75) is 81.4 Å². The van der Waals surface area contributed by atoms with Crippen molar-refractivity contribution in [2.24, 2.45) is 0 Å². The maximum atomic E-state index is 15.6. The first-order valence-electron chi connectivity index (χ1n) is 13.0. The first kappa shape index (κ1) is 31.8. The van der Waals surface area contributed by atoms with Crippen molar-refractivity contribution in [1.82, 2.24) is 13.1 Å². The Morgan fingerprint density at radius 3 is 2.68 bits per heavy atom. The fraction of sp³-hybridized carbons (Fsp3) is 0.560. The maximum Gasteiger partial charge on any atom is 0.368 e. The van der Waals surface area contributed by atoms with Gasteiger partial charge in [0.05, 0.1) is 0 Å². The second kappa shape index (κ2) is 13.4.